The van der Waals surface area contributed by atoms with Crippen molar-refractivity contribution >= 4 is 5.69 Å². The van der Waals surface area contributed by atoms with Crippen LogP contribution in [0.15, 0.2) is 18.3 Å². The molecule has 1 aliphatic rings. The Bertz CT molecular complexity index is 356. The van der Waals surface area contributed by atoms with E-state index in [0.717, 1.165) is 12.2 Å². The van der Waals surface area contributed by atoms with Crippen LogP contribution in [0.1, 0.15) is 12.8 Å². The highest BCUT2D eigenvalue weighted by molar-refractivity contribution is 5.44. The molecule has 0 radical (unpaired) electrons. The van der Waals surface area contributed by atoms with E-state index in [1.54, 1.807) is 0 Å². The third kappa shape index (κ3) is 2.50. The van der Waals surface area contributed by atoms with Crippen LogP contribution in [0.5, 0.6) is 0 Å². The van der Waals surface area contributed by atoms with Gasteiger partial charge in [-0.2, -0.15) is 4.39 Å². The molecule has 2 heterocycles. The Morgan fingerprint density at radius 2 is 2.44 bits per heavy atom. The maximum Gasteiger partial charge on any atom is 0.214 e. The van der Waals surface area contributed by atoms with Gasteiger partial charge in [0.2, 0.25) is 5.95 Å². The summed E-state index contributed by atoms with van der Waals surface area (Å²) in [6.45, 7) is 2.11. The quantitative estimate of drug-likeness (QED) is 0.728. The Hall–Kier alpha value is -1.16. The standard InChI is InChI=1S/C12H18FN3/c1-15-7-3-4-11(15)9-16(2)10-5-6-14-12(13)8-10/h5-6,8,11H,3-4,7,9H2,1-2H3. The Morgan fingerprint density at radius 3 is 3.06 bits per heavy atom. The Kier molecular flexibility index (Phi) is 3.39. The average molecular weight is 223 g/mol. The lowest BCUT2D eigenvalue weighted by Gasteiger charge is -2.27. The van der Waals surface area contributed by atoms with E-state index in [2.05, 4.69) is 21.8 Å². The van der Waals surface area contributed by atoms with E-state index < -0.39 is 5.95 Å². The zero-order chi connectivity index (χ0) is 11.5. The minimum atomic E-state index is -0.413. The first-order chi connectivity index (χ1) is 7.66. The number of hydrogen-bond acceptors (Lipinski definition) is 3. The minimum absolute atomic E-state index is 0.413. The van der Waals surface area contributed by atoms with Crippen LogP contribution in [0.3, 0.4) is 0 Å². The van der Waals surface area contributed by atoms with E-state index in [0.29, 0.717) is 6.04 Å². The van der Waals surface area contributed by atoms with Crippen LogP contribution in [-0.4, -0.2) is 43.1 Å². The van der Waals surface area contributed by atoms with Crippen molar-refractivity contribution in [2.24, 2.45) is 0 Å². The predicted octanol–water partition coefficient (Wildman–Crippen LogP) is 1.75. The zero-order valence-electron chi connectivity index (χ0n) is 9.86. The fraction of sp³-hybridized carbons (Fsp3) is 0.583. The van der Waals surface area contributed by atoms with Crippen LogP contribution in [0.25, 0.3) is 0 Å². The summed E-state index contributed by atoms with van der Waals surface area (Å²) in [5, 5.41) is 0. The third-order valence-corrected chi connectivity index (χ3v) is 3.31. The van der Waals surface area contributed by atoms with Crippen LogP contribution >= 0.6 is 0 Å². The molecule has 2 rings (SSSR count). The molecule has 0 aromatic carbocycles. The Morgan fingerprint density at radius 1 is 1.62 bits per heavy atom. The van der Waals surface area contributed by atoms with Gasteiger partial charge in [0.05, 0.1) is 0 Å². The fourth-order valence-electron chi connectivity index (χ4n) is 2.26. The number of likely N-dealkylation sites (N-methyl/N-ethyl adjacent to an activating group) is 2. The van der Waals surface area contributed by atoms with Crippen molar-refractivity contribution in [3.8, 4) is 0 Å². The van der Waals surface area contributed by atoms with Crippen molar-refractivity contribution in [2.75, 3.05) is 32.1 Å². The second-order valence-corrected chi connectivity index (χ2v) is 4.49. The second kappa shape index (κ2) is 4.78. The molecule has 1 unspecified atom stereocenters. The molecule has 0 amide bonds. The Balaban J connectivity index is 1.99. The highest BCUT2D eigenvalue weighted by atomic mass is 19.1. The van der Waals surface area contributed by atoms with E-state index in [-0.39, 0.29) is 0 Å². The van der Waals surface area contributed by atoms with Gasteiger partial charge in [-0.1, -0.05) is 0 Å². The predicted molar refractivity (Wildman–Crippen MR) is 63.1 cm³/mol. The maximum atomic E-state index is 13.0. The van der Waals surface area contributed by atoms with Crippen molar-refractivity contribution in [1.82, 2.24) is 9.88 Å². The molecular weight excluding hydrogens is 205 g/mol. The summed E-state index contributed by atoms with van der Waals surface area (Å²) in [6, 6.07) is 3.91. The summed E-state index contributed by atoms with van der Waals surface area (Å²) >= 11 is 0. The highest BCUT2D eigenvalue weighted by Gasteiger charge is 2.22. The fourth-order valence-corrected chi connectivity index (χ4v) is 2.26. The summed E-state index contributed by atoms with van der Waals surface area (Å²) in [5.74, 6) is -0.413. The molecule has 1 atom stereocenters. The van der Waals surface area contributed by atoms with Crippen LogP contribution in [-0.2, 0) is 0 Å². The number of nitrogens with zero attached hydrogens (tertiary/aromatic N) is 3. The van der Waals surface area contributed by atoms with E-state index in [1.165, 1.54) is 31.6 Å². The third-order valence-electron chi connectivity index (χ3n) is 3.31. The maximum absolute atomic E-state index is 13.0. The van der Waals surface area contributed by atoms with Crippen molar-refractivity contribution in [1.29, 1.82) is 0 Å². The number of halogens is 1. The molecule has 1 fully saturated rings. The Labute approximate surface area is 95.9 Å². The van der Waals surface area contributed by atoms with Gasteiger partial charge in [-0.15, -0.1) is 0 Å². The molecule has 16 heavy (non-hydrogen) atoms. The van der Waals surface area contributed by atoms with Gasteiger partial charge < -0.3 is 9.80 Å². The summed E-state index contributed by atoms with van der Waals surface area (Å²) < 4.78 is 13.0. The van der Waals surface area contributed by atoms with Crippen LogP contribution in [0.2, 0.25) is 0 Å². The van der Waals surface area contributed by atoms with E-state index in [9.17, 15) is 4.39 Å². The zero-order valence-corrected chi connectivity index (χ0v) is 9.86. The van der Waals surface area contributed by atoms with Gasteiger partial charge in [-0.3, -0.25) is 0 Å². The van der Waals surface area contributed by atoms with E-state index >= 15 is 0 Å². The topological polar surface area (TPSA) is 19.4 Å². The SMILES string of the molecule is CN(CC1CCCN1C)c1ccnc(F)c1. The monoisotopic (exact) mass is 223 g/mol. The number of hydrogen-bond donors (Lipinski definition) is 0. The summed E-state index contributed by atoms with van der Waals surface area (Å²) in [6.07, 6.45) is 4.01. The van der Waals surface area contributed by atoms with Gasteiger partial charge in [0.15, 0.2) is 0 Å². The first kappa shape index (κ1) is 11.3. The lowest BCUT2D eigenvalue weighted by atomic mass is 10.2. The lowest BCUT2D eigenvalue weighted by Crippen LogP contribution is -2.36. The van der Waals surface area contributed by atoms with E-state index in [4.69, 9.17) is 0 Å². The molecule has 0 aliphatic carbocycles. The van der Waals surface area contributed by atoms with Crippen molar-refractivity contribution in [2.45, 2.75) is 18.9 Å². The van der Waals surface area contributed by atoms with Gasteiger partial charge in [0.1, 0.15) is 0 Å². The van der Waals surface area contributed by atoms with Crippen molar-refractivity contribution < 1.29 is 4.39 Å². The van der Waals surface area contributed by atoms with Crippen LogP contribution < -0.4 is 4.90 Å². The van der Waals surface area contributed by atoms with E-state index in [1.807, 2.05) is 13.1 Å². The first-order valence-electron chi connectivity index (χ1n) is 5.70. The first-order valence-corrected chi connectivity index (χ1v) is 5.70. The largest absolute Gasteiger partial charge is 0.373 e. The molecule has 0 N–H and O–H groups in total. The highest BCUT2D eigenvalue weighted by Crippen LogP contribution is 2.19. The van der Waals surface area contributed by atoms with Gasteiger partial charge >= 0.3 is 0 Å². The van der Waals surface area contributed by atoms with Gasteiger partial charge in [-0.25, -0.2) is 4.98 Å². The molecule has 1 aliphatic heterocycles. The molecule has 0 spiro atoms. The normalized spacial score (nSPS) is 21.3. The smallest absolute Gasteiger partial charge is 0.214 e. The number of rotatable bonds is 3. The van der Waals surface area contributed by atoms with Crippen LogP contribution in [0.4, 0.5) is 10.1 Å². The molecule has 0 saturated carbocycles. The summed E-state index contributed by atoms with van der Waals surface area (Å²) in [5.41, 5.74) is 0.896. The molecule has 1 aromatic rings. The van der Waals surface area contributed by atoms with Crippen molar-refractivity contribution in [3.05, 3.63) is 24.3 Å². The summed E-state index contributed by atoms with van der Waals surface area (Å²) in [4.78, 5) is 8.03. The molecule has 88 valence electrons. The molecule has 4 heteroatoms. The summed E-state index contributed by atoms with van der Waals surface area (Å²) in [7, 11) is 4.15. The second-order valence-electron chi connectivity index (χ2n) is 4.49. The molecule has 1 saturated heterocycles. The number of aromatic nitrogens is 1. The minimum Gasteiger partial charge on any atom is -0.373 e. The average Bonchev–Trinajstić information content (AvgIpc) is 2.64. The van der Waals surface area contributed by atoms with Gasteiger partial charge in [0, 0.05) is 37.6 Å². The van der Waals surface area contributed by atoms with Crippen molar-refractivity contribution in [3.63, 3.8) is 0 Å². The molecular formula is C12H18FN3. The number of anilines is 1. The molecule has 0 bridgehead atoms. The number of likely N-dealkylation sites (tertiary alicyclic amines) is 1. The number of pyridine rings is 1. The molecule has 1 aromatic heterocycles. The molecule has 3 nitrogen and oxygen atoms in total. The lowest BCUT2D eigenvalue weighted by molar-refractivity contribution is 0.314. The van der Waals surface area contributed by atoms with Gasteiger partial charge in [0.25, 0.3) is 0 Å². The van der Waals surface area contributed by atoms with Gasteiger partial charge in [-0.05, 0) is 32.5 Å². The van der Waals surface area contributed by atoms with Crippen LogP contribution in [0, 0.1) is 5.95 Å².